The van der Waals surface area contributed by atoms with Crippen molar-refractivity contribution in [3.8, 4) is 0 Å². The van der Waals surface area contributed by atoms with Gasteiger partial charge in [0.05, 0.1) is 17.0 Å². The fourth-order valence-electron chi connectivity index (χ4n) is 3.04. The van der Waals surface area contributed by atoms with E-state index in [0.717, 1.165) is 17.7 Å². The van der Waals surface area contributed by atoms with Crippen molar-refractivity contribution in [2.75, 3.05) is 6.26 Å². The van der Waals surface area contributed by atoms with E-state index in [-0.39, 0.29) is 5.91 Å². The normalized spacial score (nSPS) is 25.3. The molecule has 2 atom stereocenters. The van der Waals surface area contributed by atoms with Crippen molar-refractivity contribution in [3.63, 3.8) is 0 Å². The van der Waals surface area contributed by atoms with E-state index in [2.05, 4.69) is 5.32 Å². The SMILES string of the molecule is CSc1ccccc1C(=O)NC1(C)CCCCC1C(=O)O. The predicted octanol–water partition coefficient (Wildman–Crippen LogP) is 3.17. The van der Waals surface area contributed by atoms with Gasteiger partial charge in [-0.2, -0.15) is 0 Å². The minimum atomic E-state index is -0.823. The lowest BCUT2D eigenvalue weighted by Crippen LogP contribution is -2.55. The number of nitrogens with one attached hydrogen (secondary N) is 1. The summed E-state index contributed by atoms with van der Waals surface area (Å²) in [5.74, 6) is -1.53. The largest absolute Gasteiger partial charge is 0.481 e. The highest BCUT2D eigenvalue weighted by Crippen LogP contribution is 2.34. The molecule has 0 heterocycles. The van der Waals surface area contributed by atoms with E-state index in [0.29, 0.717) is 18.4 Å². The molecule has 2 rings (SSSR count). The monoisotopic (exact) mass is 307 g/mol. The van der Waals surface area contributed by atoms with Crippen LogP contribution in [0.15, 0.2) is 29.2 Å². The lowest BCUT2D eigenvalue weighted by Gasteiger charge is -2.39. The third-order valence-electron chi connectivity index (χ3n) is 4.26. The zero-order chi connectivity index (χ0) is 15.5. The van der Waals surface area contributed by atoms with E-state index in [1.54, 1.807) is 6.07 Å². The maximum absolute atomic E-state index is 12.5. The van der Waals surface area contributed by atoms with Crippen molar-refractivity contribution in [1.29, 1.82) is 0 Å². The molecular weight excluding hydrogens is 286 g/mol. The second kappa shape index (κ2) is 6.52. The van der Waals surface area contributed by atoms with E-state index >= 15 is 0 Å². The molecule has 0 aliphatic heterocycles. The van der Waals surface area contributed by atoms with Gasteiger partial charge in [0.15, 0.2) is 0 Å². The Balaban J connectivity index is 2.22. The second-order valence-electron chi connectivity index (χ2n) is 5.71. The molecular formula is C16H21NO3S. The zero-order valence-corrected chi connectivity index (χ0v) is 13.2. The van der Waals surface area contributed by atoms with Crippen LogP contribution in [0, 0.1) is 5.92 Å². The van der Waals surface area contributed by atoms with Crippen LogP contribution in [0.25, 0.3) is 0 Å². The van der Waals surface area contributed by atoms with Crippen LogP contribution in [-0.2, 0) is 4.79 Å². The van der Waals surface area contributed by atoms with Crippen molar-refractivity contribution < 1.29 is 14.7 Å². The quantitative estimate of drug-likeness (QED) is 0.839. The molecule has 0 spiro atoms. The van der Waals surface area contributed by atoms with Gasteiger partial charge in [0.2, 0.25) is 0 Å². The third kappa shape index (κ3) is 3.40. The first-order chi connectivity index (χ1) is 9.98. The van der Waals surface area contributed by atoms with Crippen LogP contribution in [0.4, 0.5) is 0 Å². The summed E-state index contributed by atoms with van der Waals surface area (Å²) in [7, 11) is 0. The van der Waals surface area contributed by atoms with Crippen LogP contribution in [0.5, 0.6) is 0 Å². The molecule has 0 saturated heterocycles. The van der Waals surface area contributed by atoms with E-state index in [1.165, 1.54) is 11.8 Å². The van der Waals surface area contributed by atoms with E-state index in [9.17, 15) is 14.7 Å². The van der Waals surface area contributed by atoms with Gasteiger partial charge in [-0.15, -0.1) is 11.8 Å². The van der Waals surface area contributed by atoms with Crippen molar-refractivity contribution in [2.45, 2.75) is 43.0 Å². The van der Waals surface area contributed by atoms with Gasteiger partial charge in [-0.25, -0.2) is 0 Å². The molecule has 1 aromatic rings. The molecule has 1 aliphatic rings. The zero-order valence-electron chi connectivity index (χ0n) is 12.4. The highest BCUT2D eigenvalue weighted by Gasteiger charge is 2.42. The van der Waals surface area contributed by atoms with Crippen LogP contribution in [-0.4, -0.2) is 28.8 Å². The summed E-state index contributed by atoms with van der Waals surface area (Å²) in [5.41, 5.74) is -0.0619. The van der Waals surface area contributed by atoms with Crippen LogP contribution in [0.1, 0.15) is 43.0 Å². The number of carboxylic acids is 1. The molecule has 21 heavy (non-hydrogen) atoms. The van der Waals surface area contributed by atoms with Gasteiger partial charge in [-0.05, 0) is 38.2 Å². The first-order valence-corrected chi connectivity index (χ1v) is 8.39. The van der Waals surface area contributed by atoms with Gasteiger partial charge in [-0.3, -0.25) is 9.59 Å². The summed E-state index contributed by atoms with van der Waals surface area (Å²) in [4.78, 5) is 24.9. The number of thioether (sulfide) groups is 1. The molecule has 4 nitrogen and oxygen atoms in total. The van der Waals surface area contributed by atoms with Crippen molar-refractivity contribution in [2.24, 2.45) is 5.92 Å². The lowest BCUT2D eigenvalue weighted by molar-refractivity contribution is -0.145. The van der Waals surface area contributed by atoms with Crippen LogP contribution >= 0.6 is 11.8 Å². The van der Waals surface area contributed by atoms with Crippen LogP contribution < -0.4 is 5.32 Å². The minimum Gasteiger partial charge on any atom is -0.481 e. The van der Waals surface area contributed by atoms with Crippen LogP contribution in [0.3, 0.4) is 0 Å². The maximum Gasteiger partial charge on any atom is 0.308 e. The fraction of sp³-hybridized carbons (Fsp3) is 0.500. The Kier molecular flexibility index (Phi) is 4.93. The van der Waals surface area contributed by atoms with Gasteiger partial charge >= 0.3 is 5.97 Å². The van der Waals surface area contributed by atoms with Gasteiger partial charge in [-0.1, -0.05) is 25.0 Å². The number of hydrogen-bond acceptors (Lipinski definition) is 3. The molecule has 2 unspecified atom stereocenters. The molecule has 1 amide bonds. The van der Waals surface area contributed by atoms with E-state index in [4.69, 9.17) is 0 Å². The minimum absolute atomic E-state index is 0.185. The highest BCUT2D eigenvalue weighted by molar-refractivity contribution is 7.98. The van der Waals surface area contributed by atoms with Gasteiger partial charge in [0, 0.05) is 4.90 Å². The molecule has 0 radical (unpaired) electrons. The van der Waals surface area contributed by atoms with Crippen molar-refractivity contribution in [3.05, 3.63) is 29.8 Å². The lowest BCUT2D eigenvalue weighted by atomic mass is 9.73. The Bertz CT molecular complexity index is 546. The van der Waals surface area contributed by atoms with E-state index < -0.39 is 17.4 Å². The molecule has 1 aliphatic carbocycles. The second-order valence-corrected chi connectivity index (χ2v) is 6.56. The number of amides is 1. The Morgan fingerprint density at radius 3 is 2.71 bits per heavy atom. The van der Waals surface area contributed by atoms with E-state index in [1.807, 2.05) is 31.4 Å². The van der Waals surface area contributed by atoms with Gasteiger partial charge in [0.1, 0.15) is 0 Å². The number of benzene rings is 1. The van der Waals surface area contributed by atoms with Gasteiger partial charge < -0.3 is 10.4 Å². The highest BCUT2D eigenvalue weighted by atomic mass is 32.2. The summed E-state index contributed by atoms with van der Waals surface area (Å²) >= 11 is 1.51. The summed E-state index contributed by atoms with van der Waals surface area (Å²) < 4.78 is 0. The summed E-state index contributed by atoms with van der Waals surface area (Å²) in [6.07, 6.45) is 5.11. The number of hydrogen-bond donors (Lipinski definition) is 2. The number of carbonyl (C=O) groups excluding carboxylic acids is 1. The standard InChI is InChI=1S/C16H21NO3S/c1-16(10-6-5-8-12(16)15(19)20)17-14(18)11-7-3-4-9-13(11)21-2/h3-4,7,9,12H,5-6,8,10H2,1-2H3,(H,17,18)(H,19,20). The first-order valence-electron chi connectivity index (χ1n) is 7.16. The topological polar surface area (TPSA) is 66.4 Å². The Hall–Kier alpha value is -1.49. The predicted molar refractivity (Wildman–Crippen MR) is 83.7 cm³/mol. The van der Waals surface area contributed by atoms with Crippen LogP contribution in [0.2, 0.25) is 0 Å². The number of carboxylic acid groups (broad SMARTS) is 1. The Labute approximate surface area is 129 Å². The average Bonchev–Trinajstić information content (AvgIpc) is 2.46. The van der Waals surface area contributed by atoms with Crippen molar-refractivity contribution >= 4 is 23.6 Å². The summed E-state index contributed by atoms with van der Waals surface area (Å²) in [6.45, 7) is 1.85. The summed E-state index contributed by atoms with van der Waals surface area (Å²) in [6, 6.07) is 7.40. The molecule has 1 aromatic carbocycles. The third-order valence-corrected chi connectivity index (χ3v) is 5.05. The molecule has 2 N–H and O–H groups in total. The average molecular weight is 307 g/mol. The fourth-order valence-corrected chi connectivity index (χ4v) is 3.63. The number of rotatable bonds is 4. The maximum atomic E-state index is 12.5. The Morgan fingerprint density at radius 1 is 1.33 bits per heavy atom. The molecule has 1 saturated carbocycles. The molecule has 114 valence electrons. The Morgan fingerprint density at radius 2 is 2.05 bits per heavy atom. The number of aliphatic carboxylic acids is 1. The molecule has 5 heteroatoms. The van der Waals surface area contributed by atoms with Gasteiger partial charge in [0.25, 0.3) is 5.91 Å². The molecule has 1 fully saturated rings. The molecule has 0 aromatic heterocycles. The first kappa shape index (κ1) is 15.9. The summed E-state index contributed by atoms with van der Waals surface area (Å²) in [5, 5.41) is 12.4. The smallest absolute Gasteiger partial charge is 0.308 e. The molecule has 0 bridgehead atoms. The number of carbonyl (C=O) groups is 2. The van der Waals surface area contributed by atoms with Crippen molar-refractivity contribution in [1.82, 2.24) is 5.32 Å².